The highest BCUT2D eigenvalue weighted by Gasteiger charge is 2.09. The van der Waals surface area contributed by atoms with Crippen molar-refractivity contribution in [3.05, 3.63) is 55.1 Å². The van der Waals surface area contributed by atoms with Gasteiger partial charge in [-0.1, -0.05) is 37.9 Å². The number of rotatable bonds is 3. The number of carbonyl (C=O) groups is 1. The third kappa shape index (κ3) is 3.03. The van der Waals surface area contributed by atoms with Crippen LogP contribution in [-0.4, -0.2) is 5.78 Å². The number of thiophene rings is 1. The Balaban J connectivity index is 2.21. The molecule has 1 heterocycles. The lowest BCUT2D eigenvalue weighted by atomic mass is 10.1. The van der Waals surface area contributed by atoms with Crippen molar-refractivity contribution in [2.45, 2.75) is 6.42 Å². The lowest BCUT2D eigenvalue weighted by molar-refractivity contribution is 0.0993. The van der Waals surface area contributed by atoms with Crippen LogP contribution in [0.5, 0.6) is 0 Å². The van der Waals surface area contributed by atoms with Gasteiger partial charge < -0.3 is 0 Å². The molecule has 1 aromatic carbocycles. The van der Waals surface area contributed by atoms with E-state index in [0.717, 1.165) is 19.4 Å². The molecule has 0 fully saturated rings. The van der Waals surface area contributed by atoms with Crippen molar-refractivity contribution < 1.29 is 4.79 Å². The minimum atomic E-state index is 0.143. The largest absolute Gasteiger partial charge is 0.294 e. The molecule has 0 amide bonds. The van der Waals surface area contributed by atoms with Crippen LogP contribution in [0.15, 0.2) is 44.7 Å². The van der Waals surface area contributed by atoms with Crippen LogP contribution < -0.4 is 0 Å². The van der Waals surface area contributed by atoms with Crippen LogP contribution in [0.1, 0.15) is 15.2 Å². The molecule has 1 nitrogen and oxygen atoms in total. The summed E-state index contributed by atoms with van der Waals surface area (Å²) < 4.78 is 1.83. The second-order valence-corrected chi connectivity index (χ2v) is 6.20. The molecule has 0 radical (unpaired) electrons. The first-order chi connectivity index (χ1) is 7.65. The van der Waals surface area contributed by atoms with Gasteiger partial charge in [-0.05, 0) is 29.6 Å². The van der Waals surface area contributed by atoms with Crippen molar-refractivity contribution in [1.29, 1.82) is 0 Å². The molecule has 0 atom stereocenters. The molecule has 0 saturated carbocycles. The number of benzene rings is 1. The summed E-state index contributed by atoms with van der Waals surface area (Å²) in [5, 5.41) is 1.99. The Morgan fingerprint density at radius 3 is 2.44 bits per heavy atom. The van der Waals surface area contributed by atoms with Gasteiger partial charge in [0.15, 0.2) is 5.78 Å². The van der Waals surface area contributed by atoms with E-state index in [9.17, 15) is 4.79 Å². The number of halogens is 2. The molecule has 2 aromatic rings. The molecule has 0 saturated heterocycles. The third-order valence-electron chi connectivity index (χ3n) is 2.10. The van der Waals surface area contributed by atoms with E-state index in [0.29, 0.717) is 6.42 Å². The molecule has 4 heteroatoms. The number of hydrogen-bond donors (Lipinski definition) is 0. The summed E-state index contributed by atoms with van der Waals surface area (Å²) in [6.45, 7) is 0. The molecule has 0 aliphatic rings. The maximum Gasteiger partial charge on any atom is 0.168 e. The average molecular weight is 360 g/mol. The van der Waals surface area contributed by atoms with Gasteiger partial charge in [-0.25, -0.2) is 0 Å². The van der Waals surface area contributed by atoms with Gasteiger partial charge in [0, 0.05) is 25.8 Å². The van der Waals surface area contributed by atoms with Gasteiger partial charge in [0.05, 0.1) is 0 Å². The van der Waals surface area contributed by atoms with E-state index in [4.69, 9.17) is 0 Å². The molecule has 1 aromatic heterocycles. The van der Waals surface area contributed by atoms with E-state index < -0.39 is 0 Å². The van der Waals surface area contributed by atoms with Gasteiger partial charge in [-0.15, -0.1) is 11.3 Å². The van der Waals surface area contributed by atoms with Crippen LogP contribution in [0.4, 0.5) is 0 Å². The summed E-state index contributed by atoms with van der Waals surface area (Å²) in [7, 11) is 0. The van der Waals surface area contributed by atoms with Crippen LogP contribution in [0.3, 0.4) is 0 Å². The van der Waals surface area contributed by atoms with Crippen LogP contribution >= 0.6 is 43.2 Å². The maximum absolute atomic E-state index is 12.0. The molecule has 82 valence electrons. The average Bonchev–Trinajstić information content (AvgIpc) is 2.68. The number of hydrogen-bond acceptors (Lipinski definition) is 2. The summed E-state index contributed by atoms with van der Waals surface area (Å²) in [5.41, 5.74) is 0.731. The predicted molar refractivity (Wildman–Crippen MR) is 74.2 cm³/mol. The Morgan fingerprint density at radius 1 is 1.19 bits per heavy atom. The van der Waals surface area contributed by atoms with Gasteiger partial charge in [0.25, 0.3) is 0 Å². The summed E-state index contributed by atoms with van der Waals surface area (Å²) in [6, 6.07) is 9.56. The minimum absolute atomic E-state index is 0.143. The third-order valence-corrected chi connectivity index (χ3v) is 3.89. The first-order valence-electron chi connectivity index (χ1n) is 4.67. The van der Waals surface area contributed by atoms with Gasteiger partial charge in [0.2, 0.25) is 0 Å². The monoisotopic (exact) mass is 358 g/mol. The van der Waals surface area contributed by atoms with E-state index in [-0.39, 0.29) is 5.78 Å². The van der Waals surface area contributed by atoms with E-state index in [2.05, 4.69) is 31.9 Å². The molecule has 0 aliphatic carbocycles. The molecule has 2 rings (SSSR count). The Bertz CT molecular complexity index is 485. The Kier molecular flexibility index (Phi) is 3.95. The Hall–Kier alpha value is -0.450. The number of carbonyl (C=O) groups excluding carboxylic acids is 1. The first kappa shape index (κ1) is 12.0. The topological polar surface area (TPSA) is 17.1 Å². The lowest BCUT2D eigenvalue weighted by Crippen LogP contribution is -2.02. The molecule has 0 bridgehead atoms. The molecule has 0 spiro atoms. The zero-order valence-corrected chi connectivity index (χ0v) is 12.2. The van der Waals surface area contributed by atoms with E-state index >= 15 is 0 Å². The fourth-order valence-corrected chi connectivity index (χ4v) is 3.39. The fourth-order valence-electron chi connectivity index (χ4n) is 1.39. The smallest absolute Gasteiger partial charge is 0.168 e. The van der Waals surface area contributed by atoms with Crippen molar-refractivity contribution >= 4 is 49.0 Å². The molecular formula is C12H8Br2OS. The van der Waals surface area contributed by atoms with Gasteiger partial charge >= 0.3 is 0 Å². The van der Waals surface area contributed by atoms with Gasteiger partial charge in [-0.2, -0.15) is 0 Å². The van der Waals surface area contributed by atoms with Crippen molar-refractivity contribution in [2.24, 2.45) is 0 Å². The van der Waals surface area contributed by atoms with Crippen molar-refractivity contribution in [1.82, 2.24) is 0 Å². The van der Waals surface area contributed by atoms with Crippen molar-refractivity contribution in [3.63, 3.8) is 0 Å². The zero-order chi connectivity index (χ0) is 11.5. The van der Waals surface area contributed by atoms with Crippen molar-refractivity contribution in [3.8, 4) is 0 Å². The second kappa shape index (κ2) is 5.25. The highest BCUT2D eigenvalue weighted by molar-refractivity contribution is 9.11. The standard InChI is InChI=1S/C12H8Br2OS/c13-9-4-8(5-10(14)6-9)12(15)7-11-2-1-3-16-11/h1-6H,7H2. The van der Waals surface area contributed by atoms with Gasteiger partial charge in [-0.3, -0.25) is 4.79 Å². The van der Waals surface area contributed by atoms with Crippen LogP contribution in [0.25, 0.3) is 0 Å². The van der Waals surface area contributed by atoms with Crippen molar-refractivity contribution in [2.75, 3.05) is 0 Å². The van der Waals surface area contributed by atoms with Gasteiger partial charge in [0.1, 0.15) is 0 Å². The highest BCUT2D eigenvalue weighted by atomic mass is 79.9. The number of Topliss-reactive ketones (excluding diaryl/α,β-unsaturated/α-hetero) is 1. The molecular weight excluding hydrogens is 352 g/mol. The summed E-state index contributed by atoms with van der Waals surface area (Å²) >= 11 is 8.37. The SMILES string of the molecule is O=C(Cc1cccs1)c1cc(Br)cc(Br)c1. The Labute approximate surface area is 115 Å². The molecule has 0 aliphatic heterocycles. The summed E-state index contributed by atoms with van der Waals surface area (Å²) in [6.07, 6.45) is 0.473. The van der Waals surface area contributed by atoms with E-state index in [1.165, 1.54) is 0 Å². The molecule has 0 unspecified atom stereocenters. The maximum atomic E-state index is 12.0. The van der Waals surface area contributed by atoms with E-state index in [1.54, 1.807) is 11.3 Å². The molecule has 0 N–H and O–H groups in total. The normalized spacial score (nSPS) is 10.4. The molecule has 16 heavy (non-hydrogen) atoms. The number of ketones is 1. The minimum Gasteiger partial charge on any atom is -0.294 e. The Morgan fingerprint density at radius 2 is 1.88 bits per heavy atom. The van der Waals surface area contributed by atoms with Crippen LogP contribution in [0.2, 0.25) is 0 Å². The van der Waals surface area contributed by atoms with Crippen LogP contribution in [-0.2, 0) is 6.42 Å². The van der Waals surface area contributed by atoms with Crippen LogP contribution in [0, 0.1) is 0 Å². The quantitative estimate of drug-likeness (QED) is 0.726. The lowest BCUT2D eigenvalue weighted by Gasteiger charge is -2.01. The first-order valence-corrected chi connectivity index (χ1v) is 7.13. The summed E-state index contributed by atoms with van der Waals surface area (Å²) in [5.74, 6) is 0.143. The summed E-state index contributed by atoms with van der Waals surface area (Å²) in [4.78, 5) is 13.1. The predicted octanol–water partition coefficient (Wildman–Crippen LogP) is 4.70. The second-order valence-electron chi connectivity index (χ2n) is 3.34. The zero-order valence-electron chi connectivity index (χ0n) is 8.24. The highest BCUT2D eigenvalue weighted by Crippen LogP contribution is 2.21. The van der Waals surface area contributed by atoms with E-state index in [1.807, 2.05) is 35.7 Å². The fraction of sp³-hybridized carbons (Fsp3) is 0.0833.